The van der Waals surface area contributed by atoms with E-state index in [1.807, 2.05) is 0 Å². The van der Waals surface area contributed by atoms with Crippen molar-refractivity contribution >= 4 is 7.05 Å². The number of nitroso groups, excluding NO2 is 1. The summed E-state index contributed by atoms with van der Waals surface area (Å²) >= 11 is 0. The van der Waals surface area contributed by atoms with Crippen LogP contribution in [0.5, 0.6) is 0 Å². The summed E-state index contributed by atoms with van der Waals surface area (Å²) in [6, 6.07) is 0. The molecule has 1 N–H and O–H groups in total. The average Bonchev–Trinajstić information content (AvgIpc) is 2.37. The lowest BCUT2D eigenvalue weighted by molar-refractivity contribution is 0.542. The fraction of sp³-hybridized carbons (Fsp3) is 1.00. The van der Waals surface area contributed by atoms with Gasteiger partial charge in [0.25, 0.3) is 0 Å². The second-order valence-corrected chi connectivity index (χ2v) is 2.56. The summed E-state index contributed by atoms with van der Waals surface area (Å²) < 4.78 is 0. The lowest BCUT2D eigenvalue weighted by atomic mass is 9.68. The summed E-state index contributed by atoms with van der Waals surface area (Å²) in [5.41, 5.74) is 0. The first kappa shape index (κ1) is 6.74. The lowest BCUT2D eigenvalue weighted by Crippen LogP contribution is -2.14. The first-order valence-corrected chi connectivity index (χ1v) is 3.35. The zero-order chi connectivity index (χ0) is 6.69. The van der Waals surface area contributed by atoms with Gasteiger partial charge in [0.15, 0.2) is 0 Å². The third kappa shape index (κ3) is 1.51. The topological polar surface area (TPSA) is 49.7 Å². The van der Waals surface area contributed by atoms with Crippen LogP contribution >= 0.6 is 0 Å². The van der Waals surface area contributed by atoms with Crippen LogP contribution in [0.2, 0.25) is 5.82 Å². The summed E-state index contributed by atoms with van der Waals surface area (Å²) in [6.07, 6.45) is 4.20. The fourth-order valence-electron chi connectivity index (χ4n) is 1.34. The van der Waals surface area contributed by atoms with Crippen molar-refractivity contribution in [3.63, 3.8) is 0 Å². The van der Waals surface area contributed by atoms with Gasteiger partial charge in [0.1, 0.15) is 0 Å². The van der Waals surface area contributed by atoms with Gasteiger partial charge in [-0.2, -0.15) is 4.91 Å². The fourth-order valence-corrected chi connectivity index (χ4v) is 1.34. The maximum absolute atomic E-state index is 9.79. The van der Waals surface area contributed by atoms with Crippen molar-refractivity contribution in [3.05, 3.63) is 4.91 Å². The summed E-state index contributed by atoms with van der Waals surface area (Å²) in [5.74, 6) is 0.155. The molecule has 0 unspecified atom stereocenters. The normalized spacial score (nSPS) is 20.1. The Morgan fingerprint density at radius 1 is 1.44 bits per heavy atom. The molecular formula is C5H10BNO2. The molecule has 9 heavy (non-hydrogen) atoms. The molecule has 0 aromatic carbocycles. The monoisotopic (exact) mass is 127 g/mol. The van der Waals surface area contributed by atoms with Gasteiger partial charge >= 0.3 is 7.05 Å². The van der Waals surface area contributed by atoms with E-state index in [-0.39, 0.29) is 5.82 Å². The van der Waals surface area contributed by atoms with Crippen molar-refractivity contribution in [1.29, 1.82) is 0 Å². The summed E-state index contributed by atoms with van der Waals surface area (Å²) in [4.78, 5) is 9.79. The van der Waals surface area contributed by atoms with E-state index in [1.54, 1.807) is 0 Å². The van der Waals surface area contributed by atoms with Crippen molar-refractivity contribution in [2.45, 2.75) is 31.5 Å². The van der Waals surface area contributed by atoms with Crippen molar-refractivity contribution < 1.29 is 5.02 Å². The van der Waals surface area contributed by atoms with E-state index in [9.17, 15) is 4.91 Å². The van der Waals surface area contributed by atoms with E-state index in [1.165, 1.54) is 0 Å². The highest BCUT2D eigenvalue weighted by Crippen LogP contribution is 2.31. The molecule has 1 rings (SSSR count). The molecule has 0 aliphatic heterocycles. The van der Waals surface area contributed by atoms with Crippen LogP contribution in [-0.2, 0) is 0 Å². The third-order valence-electron chi connectivity index (χ3n) is 1.93. The van der Waals surface area contributed by atoms with E-state index in [0.717, 1.165) is 25.7 Å². The summed E-state index contributed by atoms with van der Waals surface area (Å²) in [5, 5.41) is 11.5. The van der Waals surface area contributed by atoms with Crippen LogP contribution in [0.25, 0.3) is 0 Å². The predicted molar refractivity (Wildman–Crippen MR) is 36.0 cm³/mol. The largest absolute Gasteiger partial charge is 0.486 e. The molecule has 0 saturated heterocycles. The van der Waals surface area contributed by atoms with E-state index in [4.69, 9.17) is 5.02 Å². The van der Waals surface area contributed by atoms with Gasteiger partial charge in [-0.3, -0.25) is 0 Å². The van der Waals surface area contributed by atoms with E-state index in [0.29, 0.717) is 0 Å². The van der Waals surface area contributed by atoms with Gasteiger partial charge in [-0.1, -0.05) is 30.8 Å². The summed E-state index contributed by atoms with van der Waals surface area (Å²) in [7, 11) is -0.937. The molecule has 4 heteroatoms. The maximum atomic E-state index is 9.79. The first-order chi connectivity index (χ1) is 4.34. The number of hydrogen-bond donors (Lipinski definition) is 1. The van der Waals surface area contributed by atoms with Crippen LogP contribution in [0.4, 0.5) is 0 Å². The minimum absolute atomic E-state index is 0.155. The van der Waals surface area contributed by atoms with E-state index < -0.39 is 7.05 Å². The zero-order valence-electron chi connectivity index (χ0n) is 5.29. The molecule has 1 saturated carbocycles. The Bertz CT molecular complexity index is 103. The number of rotatable bonds is 2. The van der Waals surface area contributed by atoms with Crippen molar-refractivity contribution in [3.8, 4) is 0 Å². The van der Waals surface area contributed by atoms with Crippen LogP contribution in [-0.4, -0.2) is 12.1 Å². The Morgan fingerprint density at radius 2 is 2.00 bits per heavy atom. The Kier molecular flexibility index (Phi) is 2.22. The number of nitrogens with zero attached hydrogens (tertiary/aromatic N) is 1. The molecule has 0 radical (unpaired) electrons. The minimum Gasteiger partial charge on any atom is -0.429 e. The molecule has 50 valence electrons. The Balaban J connectivity index is 2.32. The Labute approximate surface area is 54.6 Å². The van der Waals surface area contributed by atoms with Gasteiger partial charge in [-0.15, -0.1) is 0 Å². The van der Waals surface area contributed by atoms with Crippen molar-refractivity contribution in [2.75, 3.05) is 0 Å². The predicted octanol–water partition coefficient (Wildman–Crippen LogP) is 1.18. The second-order valence-electron chi connectivity index (χ2n) is 2.56. The van der Waals surface area contributed by atoms with Gasteiger partial charge < -0.3 is 5.02 Å². The average molecular weight is 127 g/mol. The van der Waals surface area contributed by atoms with Crippen LogP contribution in [0, 0.1) is 4.91 Å². The Hall–Kier alpha value is -0.375. The van der Waals surface area contributed by atoms with Gasteiger partial charge in [-0.25, -0.2) is 0 Å². The van der Waals surface area contributed by atoms with Crippen LogP contribution in [0.3, 0.4) is 0 Å². The van der Waals surface area contributed by atoms with Crippen LogP contribution in [0.15, 0.2) is 5.09 Å². The lowest BCUT2D eigenvalue weighted by Gasteiger charge is -2.02. The molecule has 1 aliphatic rings. The second kappa shape index (κ2) is 2.96. The molecule has 0 aromatic heterocycles. The minimum atomic E-state index is -0.937. The SMILES string of the molecule is O=NB(O)C1CCCC1. The molecule has 3 nitrogen and oxygen atoms in total. The van der Waals surface area contributed by atoms with Gasteiger partial charge in [0, 0.05) is 0 Å². The molecule has 0 atom stereocenters. The molecule has 0 heterocycles. The molecule has 0 aromatic rings. The molecule has 0 amide bonds. The first-order valence-electron chi connectivity index (χ1n) is 3.35. The standard InChI is InChI=1S/C5H10BNO2/c8-6(7-9)5-3-1-2-4-5/h5,8H,1-4H2. The van der Waals surface area contributed by atoms with E-state index >= 15 is 0 Å². The van der Waals surface area contributed by atoms with Gasteiger partial charge in [0.2, 0.25) is 0 Å². The Morgan fingerprint density at radius 3 is 2.44 bits per heavy atom. The quantitative estimate of drug-likeness (QED) is 0.447. The molecule has 0 spiro atoms. The highest BCUT2D eigenvalue weighted by molar-refractivity contribution is 6.49. The van der Waals surface area contributed by atoms with Crippen LogP contribution in [0.1, 0.15) is 25.7 Å². The van der Waals surface area contributed by atoms with Gasteiger partial charge in [-0.05, 0) is 5.82 Å². The van der Waals surface area contributed by atoms with Crippen LogP contribution < -0.4 is 0 Å². The summed E-state index contributed by atoms with van der Waals surface area (Å²) in [6.45, 7) is 0. The maximum Gasteiger partial charge on any atom is 0.486 e. The highest BCUT2D eigenvalue weighted by atomic mass is 16.3. The number of hydrogen-bond acceptors (Lipinski definition) is 3. The smallest absolute Gasteiger partial charge is 0.429 e. The van der Waals surface area contributed by atoms with Crippen molar-refractivity contribution in [1.82, 2.24) is 0 Å². The molecule has 1 aliphatic carbocycles. The molecular weight excluding hydrogens is 117 g/mol. The zero-order valence-corrected chi connectivity index (χ0v) is 5.29. The molecule has 1 fully saturated rings. The molecule has 0 bridgehead atoms. The van der Waals surface area contributed by atoms with Crippen molar-refractivity contribution in [2.24, 2.45) is 5.09 Å². The highest BCUT2D eigenvalue weighted by Gasteiger charge is 2.29. The van der Waals surface area contributed by atoms with E-state index in [2.05, 4.69) is 5.09 Å². The van der Waals surface area contributed by atoms with Gasteiger partial charge in [0.05, 0.1) is 0 Å². The third-order valence-corrected chi connectivity index (χ3v) is 1.93.